The Morgan fingerprint density at radius 3 is 2.68 bits per heavy atom. The SMILES string of the molecule is CCOc1ccc(CNC(=O)c2csnc2C)cc1. The lowest BCUT2D eigenvalue weighted by Crippen LogP contribution is -2.23. The molecule has 100 valence electrons. The molecule has 0 aliphatic carbocycles. The first-order chi connectivity index (χ1) is 9.20. The summed E-state index contributed by atoms with van der Waals surface area (Å²) >= 11 is 1.30. The first-order valence-corrected chi connectivity index (χ1v) is 6.95. The molecule has 4 nitrogen and oxygen atoms in total. The van der Waals surface area contributed by atoms with E-state index in [1.807, 2.05) is 38.1 Å². The highest BCUT2D eigenvalue weighted by atomic mass is 32.1. The fraction of sp³-hybridized carbons (Fsp3) is 0.286. The lowest BCUT2D eigenvalue weighted by molar-refractivity contribution is 0.0950. The topological polar surface area (TPSA) is 51.2 Å². The molecule has 1 heterocycles. The molecule has 1 amide bonds. The number of amides is 1. The lowest BCUT2D eigenvalue weighted by Gasteiger charge is -2.06. The van der Waals surface area contributed by atoms with Gasteiger partial charge in [0.1, 0.15) is 5.75 Å². The normalized spacial score (nSPS) is 10.2. The number of ether oxygens (including phenoxy) is 1. The average molecular weight is 276 g/mol. The van der Waals surface area contributed by atoms with E-state index in [-0.39, 0.29) is 5.91 Å². The van der Waals surface area contributed by atoms with Crippen molar-refractivity contribution < 1.29 is 9.53 Å². The zero-order chi connectivity index (χ0) is 13.7. The molecule has 0 aliphatic heterocycles. The van der Waals surface area contributed by atoms with Gasteiger partial charge in [-0.3, -0.25) is 4.79 Å². The second-order valence-electron chi connectivity index (χ2n) is 4.07. The summed E-state index contributed by atoms with van der Waals surface area (Å²) in [6.45, 7) is 4.94. The number of hydrogen-bond acceptors (Lipinski definition) is 4. The fourth-order valence-corrected chi connectivity index (χ4v) is 2.35. The van der Waals surface area contributed by atoms with E-state index >= 15 is 0 Å². The number of rotatable bonds is 5. The molecule has 19 heavy (non-hydrogen) atoms. The maximum absolute atomic E-state index is 11.9. The second kappa shape index (κ2) is 6.33. The minimum absolute atomic E-state index is 0.0832. The van der Waals surface area contributed by atoms with Crippen molar-refractivity contribution in [2.75, 3.05) is 6.61 Å². The largest absolute Gasteiger partial charge is 0.494 e. The van der Waals surface area contributed by atoms with Crippen LogP contribution in [0.5, 0.6) is 5.75 Å². The van der Waals surface area contributed by atoms with Crippen LogP contribution in [0.25, 0.3) is 0 Å². The standard InChI is InChI=1S/C14H16N2O2S/c1-3-18-12-6-4-11(5-7-12)8-15-14(17)13-9-19-16-10(13)2/h4-7,9H,3,8H2,1-2H3,(H,15,17). The molecule has 0 bridgehead atoms. The van der Waals surface area contributed by atoms with Crippen LogP contribution in [0, 0.1) is 6.92 Å². The average Bonchev–Trinajstić information content (AvgIpc) is 2.84. The van der Waals surface area contributed by atoms with Crippen molar-refractivity contribution in [1.82, 2.24) is 9.69 Å². The molecule has 1 aromatic heterocycles. The summed E-state index contributed by atoms with van der Waals surface area (Å²) in [5.74, 6) is 0.760. The van der Waals surface area contributed by atoms with Gasteiger partial charge in [0, 0.05) is 11.9 Å². The van der Waals surface area contributed by atoms with Crippen molar-refractivity contribution in [3.63, 3.8) is 0 Å². The molecular formula is C14H16N2O2S. The molecule has 2 aromatic rings. The van der Waals surface area contributed by atoms with Crippen molar-refractivity contribution in [3.8, 4) is 5.75 Å². The highest BCUT2D eigenvalue weighted by Gasteiger charge is 2.10. The minimum atomic E-state index is -0.0832. The van der Waals surface area contributed by atoms with Crippen LogP contribution in [-0.4, -0.2) is 16.9 Å². The summed E-state index contributed by atoms with van der Waals surface area (Å²) < 4.78 is 9.46. The van der Waals surface area contributed by atoms with Crippen molar-refractivity contribution in [1.29, 1.82) is 0 Å². The Kier molecular flexibility index (Phi) is 4.52. The van der Waals surface area contributed by atoms with Crippen LogP contribution in [0.3, 0.4) is 0 Å². The molecule has 1 aromatic carbocycles. The van der Waals surface area contributed by atoms with Crippen molar-refractivity contribution >= 4 is 17.4 Å². The van der Waals surface area contributed by atoms with Crippen LogP contribution >= 0.6 is 11.5 Å². The van der Waals surface area contributed by atoms with Crippen LogP contribution in [0.15, 0.2) is 29.6 Å². The molecule has 0 saturated heterocycles. The second-order valence-corrected chi connectivity index (χ2v) is 4.70. The van der Waals surface area contributed by atoms with Gasteiger partial charge in [-0.25, -0.2) is 0 Å². The van der Waals surface area contributed by atoms with E-state index in [0.717, 1.165) is 17.0 Å². The highest BCUT2D eigenvalue weighted by molar-refractivity contribution is 7.03. The maximum atomic E-state index is 11.9. The van der Waals surface area contributed by atoms with Gasteiger partial charge in [0.05, 0.1) is 17.9 Å². The first-order valence-electron chi connectivity index (χ1n) is 6.11. The number of aromatic nitrogens is 1. The number of hydrogen-bond donors (Lipinski definition) is 1. The van der Waals surface area contributed by atoms with E-state index in [9.17, 15) is 4.79 Å². The minimum Gasteiger partial charge on any atom is -0.494 e. The summed E-state index contributed by atoms with van der Waals surface area (Å²) in [4.78, 5) is 11.9. The third-order valence-corrected chi connectivity index (χ3v) is 3.40. The molecule has 0 unspecified atom stereocenters. The molecular weight excluding hydrogens is 260 g/mol. The number of nitrogens with zero attached hydrogens (tertiary/aromatic N) is 1. The van der Waals surface area contributed by atoms with E-state index in [1.165, 1.54) is 11.5 Å². The Bertz CT molecular complexity index is 549. The van der Waals surface area contributed by atoms with Gasteiger partial charge in [0.15, 0.2) is 0 Å². The Morgan fingerprint density at radius 2 is 2.11 bits per heavy atom. The number of nitrogens with one attached hydrogen (secondary N) is 1. The molecule has 0 atom stereocenters. The Hall–Kier alpha value is -1.88. The van der Waals surface area contributed by atoms with Gasteiger partial charge in [-0.15, -0.1) is 0 Å². The number of benzene rings is 1. The third kappa shape index (κ3) is 3.54. The highest BCUT2D eigenvalue weighted by Crippen LogP contribution is 2.13. The summed E-state index contributed by atoms with van der Waals surface area (Å²) in [5.41, 5.74) is 2.46. The molecule has 2 rings (SSSR count). The van der Waals surface area contributed by atoms with E-state index < -0.39 is 0 Å². The molecule has 0 saturated carbocycles. The van der Waals surface area contributed by atoms with Gasteiger partial charge in [-0.2, -0.15) is 4.37 Å². The van der Waals surface area contributed by atoms with Gasteiger partial charge >= 0.3 is 0 Å². The molecule has 0 aliphatic rings. The van der Waals surface area contributed by atoms with Crippen LogP contribution < -0.4 is 10.1 Å². The van der Waals surface area contributed by atoms with Crippen LogP contribution in [0.2, 0.25) is 0 Å². The van der Waals surface area contributed by atoms with E-state index in [1.54, 1.807) is 5.38 Å². The van der Waals surface area contributed by atoms with Gasteiger partial charge in [-0.1, -0.05) is 12.1 Å². The summed E-state index contributed by atoms with van der Waals surface area (Å²) in [7, 11) is 0. The van der Waals surface area contributed by atoms with Crippen LogP contribution in [0.4, 0.5) is 0 Å². The quantitative estimate of drug-likeness (QED) is 0.913. The predicted octanol–water partition coefficient (Wildman–Crippen LogP) is 2.78. The van der Waals surface area contributed by atoms with Gasteiger partial charge < -0.3 is 10.1 Å². The summed E-state index contributed by atoms with van der Waals surface area (Å²) in [5, 5.41) is 4.65. The Morgan fingerprint density at radius 1 is 1.37 bits per heavy atom. The maximum Gasteiger partial charge on any atom is 0.254 e. The van der Waals surface area contributed by atoms with E-state index in [0.29, 0.717) is 18.7 Å². The number of aryl methyl sites for hydroxylation is 1. The third-order valence-electron chi connectivity index (χ3n) is 2.68. The van der Waals surface area contributed by atoms with Gasteiger partial charge in [-0.05, 0) is 43.1 Å². The number of carbonyl (C=O) groups is 1. The van der Waals surface area contributed by atoms with Crippen molar-refractivity contribution in [2.45, 2.75) is 20.4 Å². The monoisotopic (exact) mass is 276 g/mol. The van der Waals surface area contributed by atoms with Crippen LogP contribution in [-0.2, 0) is 6.54 Å². The zero-order valence-electron chi connectivity index (χ0n) is 11.0. The smallest absolute Gasteiger partial charge is 0.254 e. The fourth-order valence-electron chi connectivity index (χ4n) is 1.66. The molecule has 1 N–H and O–H groups in total. The van der Waals surface area contributed by atoms with Crippen molar-refractivity contribution in [3.05, 3.63) is 46.5 Å². The molecule has 0 radical (unpaired) electrons. The zero-order valence-corrected chi connectivity index (χ0v) is 11.8. The van der Waals surface area contributed by atoms with E-state index in [2.05, 4.69) is 9.69 Å². The predicted molar refractivity (Wildman–Crippen MR) is 75.6 cm³/mol. The van der Waals surface area contributed by atoms with E-state index in [4.69, 9.17) is 4.74 Å². The first kappa shape index (κ1) is 13.5. The summed E-state index contributed by atoms with van der Waals surface area (Å²) in [6.07, 6.45) is 0. The van der Waals surface area contributed by atoms with Crippen molar-refractivity contribution in [2.24, 2.45) is 0 Å². The van der Waals surface area contributed by atoms with Gasteiger partial charge in [0.2, 0.25) is 0 Å². The van der Waals surface area contributed by atoms with Crippen LogP contribution in [0.1, 0.15) is 28.5 Å². The van der Waals surface area contributed by atoms with Gasteiger partial charge in [0.25, 0.3) is 5.91 Å². The molecule has 0 fully saturated rings. The number of carbonyl (C=O) groups excluding carboxylic acids is 1. The Balaban J connectivity index is 1.92. The molecule has 5 heteroatoms. The molecule has 0 spiro atoms. The Labute approximate surface area is 116 Å². The lowest BCUT2D eigenvalue weighted by atomic mass is 10.2. The summed E-state index contributed by atoms with van der Waals surface area (Å²) in [6, 6.07) is 7.71.